The highest BCUT2D eigenvalue weighted by Gasteiger charge is 2.80. The summed E-state index contributed by atoms with van der Waals surface area (Å²) in [6.07, 6.45) is 8.48. The zero-order chi connectivity index (χ0) is 9.82. The summed E-state index contributed by atoms with van der Waals surface area (Å²) in [5.74, 6) is 0.975. The Morgan fingerprint density at radius 1 is 0.929 bits per heavy atom. The summed E-state index contributed by atoms with van der Waals surface area (Å²) in [4.78, 5) is 0. The maximum absolute atomic E-state index is 6.58. The molecule has 4 aliphatic rings. The lowest BCUT2D eigenvalue weighted by molar-refractivity contribution is -0.157. The van der Waals surface area contributed by atoms with Crippen molar-refractivity contribution in [1.82, 2.24) is 0 Å². The molecule has 4 rings (SSSR count). The smallest absolute Gasteiger partial charge is 0.0168 e. The molecule has 1 heteroatoms. The van der Waals surface area contributed by atoms with E-state index in [1.54, 1.807) is 0 Å². The Hall–Kier alpha value is -0.0400. The van der Waals surface area contributed by atoms with Gasteiger partial charge in [0.15, 0.2) is 0 Å². The third-order valence-corrected chi connectivity index (χ3v) is 6.56. The Labute approximate surface area is 86.4 Å². The molecule has 78 valence electrons. The fourth-order valence-electron chi connectivity index (χ4n) is 6.82. The van der Waals surface area contributed by atoms with Gasteiger partial charge in [-0.05, 0) is 60.7 Å². The number of hydrogen-bond acceptors (Lipinski definition) is 1. The van der Waals surface area contributed by atoms with E-state index in [1.165, 1.54) is 38.5 Å². The van der Waals surface area contributed by atoms with Crippen molar-refractivity contribution in [2.75, 3.05) is 0 Å². The minimum absolute atomic E-state index is 0.242. The fourth-order valence-corrected chi connectivity index (χ4v) is 6.82. The molecule has 0 radical (unpaired) electrons. The van der Waals surface area contributed by atoms with Gasteiger partial charge < -0.3 is 5.73 Å². The maximum atomic E-state index is 6.58. The van der Waals surface area contributed by atoms with Crippen molar-refractivity contribution in [1.29, 1.82) is 0 Å². The average Bonchev–Trinajstić information content (AvgIpc) is 2.22. The first-order valence-corrected chi connectivity index (χ1v) is 6.20. The summed E-state index contributed by atoms with van der Waals surface area (Å²) in [5, 5.41) is 0. The molecule has 2 N–H and O–H groups in total. The van der Waals surface area contributed by atoms with Gasteiger partial charge in [-0.15, -0.1) is 0 Å². The van der Waals surface area contributed by atoms with Crippen LogP contribution in [0.1, 0.15) is 52.4 Å². The zero-order valence-electron chi connectivity index (χ0n) is 9.40. The van der Waals surface area contributed by atoms with E-state index in [2.05, 4.69) is 13.8 Å². The number of nitrogens with two attached hydrogens (primary N) is 1. The molecule has 0 aromatic heterocycles. The minimum atomic E-state index is 0.242. The molecule has 4 fully saturated rings. The topological polar surface area (TPSA) is 26.0 Å². The predicted molar refractivity (Wildman–Crippen MR) is 56.8 cm³/mol. The van der Waals surface area contributed by atoms with Crippen molar-refractivity contribution >= 4 is 0 Å². The number of rotatable bonds is 0. The maximum Gasteiger partial charge on any atom is 0.0168 e. The molecule has 1 spiro atoms. The molecule has 4 aliphatic carbocycles. The van der Waals surface area contributed by atoms with Gasteiger partial charge >= 0.3 is 0 Å². The molecule has 0 aliphatic heterocycles. The van der Waals surface area contributed by atoms with Crippen LogP contribution in [-0.4, -0.2) is 5.54 Å². The van der Waals surface area contributed by atoms with Gasteiger partial charge in [0.25, 0.3) is 0 Å². The third kappa shape index (κ3) is 0.553. The van der Waals surface area contributed by atoms with E-state index in [9.17, 15) is 0 Å². The second-order valence-corrected chi connectivity index (χ2v) is 7.57. The fraction of sp³-hybridized carbons (Fsp3) is 1.00. The lowest BCUT2D eigenvalue weighted by atomic mass is 9.40. The Balaban J connectivity index is 1.94. The molecule has 0 aromatic rings. The van der Waals surface area contributed by atoms with Crippen LogP contribution in [0.5, 0.6) is 0 Å². The van der Waals surface area contributed by atoms with Crippen LogP contribution >= 0.6 is 0 Å². The summed E-state index contributed by atoms with van der Waals surface area (Å²) in [6.45, 7) is 5.07. The molecule has 0 heterocycles. The van der Waals surface area contributed by atoms with E-state index in [0.29, 0.717) is 16.2 Å². The first-order chi connectivity index (χ1) is 6.41. The second kappa shape index (κ2) is 1.71. The van der Waals surface area contributed by atoms with Gasteiger partial charge in [0, 0.05) is 5.54 Å². The van der Waals surface area contributed by atoms with E-state index in [0.717, 1.165) is 5.92 Å². The highest BCUT2D eigenvalue weighted by atomic mass is 14.9. The normalized spacial score (nSPS) is 73.5. The summed E-state index contributed by atoms with van der Waals surface area (Å²) in [5.41, 5.74) is 8.81. The molecule has 3 bridgehead atoms. The van der Waals surface area contributed by atoms with Gasteiger partial charge in [-0.3, -0.25) is 0 Å². The van der Waals surface area contributed by atoms with Crippen LogP contribution in [0, 0.1) is 22.2 Å². The highest BCUT2D eigenvalue weighted by molar-refractivity contribution is 5.31. The van der Waals surface area contributed by atoms with Gasteiger partial charge in [-0.25, -0.2) is 0 Å². The van der Waals surface area contributed by atoms with E-state index in [4.69, 9.17) is 5.73 Å². The van der Waals surface area contributed by atoms with Gasteiger partial charge in [-0.1, -0.05) is 13.8 Å². The van der Waals surface area contributed by atoms with Gasteiger partial charge in [0.2, 0.25) is 0 Å². The molecule has 0 amide bonds. The Kier molecular flexibility index (Phi) is 0.994. The Morgan fingerprint density at radius 2 is 1.71 bits per heavy atom. The van der Waals surface area contributed by atoms with Crippen LogP contribution in [0.4, 0.5) is 0 Å². The SMILES string of the molecule is CC12CC3CC4(N)CC(C)(C1)C2(C3)C4. The Morgan fingerprint density at radius 3 is 2.50 bits per heavy atom. The van der Waals surface area contributed by atoms with E-state index < -0.39 is 0 Å². The van der Waals surface area contributed by atoms with Crippen LogP contribution in [0.2, 0.25) is 0 Å². The molecular weight excluding hydrogens is 170 g/mol. The van der Waals surface area contributed by atoms with E-state index in [-0.39, 0.29) is 5.54 Å². The van der Waals surface area contributed by atoms with Gasteiger partial charge in [0.1, 0.15) is 0 Å². The molecule has 1 nitrogen and oxygen atoms in total. The Bertz CT molecular complexity index is 336. The van der Waals surface area contributed by atoms with Gasteiger partial charge in [-0.2, -0.15) is 0 Å². The van der Waals surface area contributed by atoms with Crippen LogP contribution in [0.15, 0.2) is 0 Å². The molecule has 5 unspecified atom stereocenters. The van der Waals surface area contributed by atoms with Crippen LogP contribution in [0.25, 0.3) is 0 Å². The third-order valence-electron chi connectivity index (χ3n) is 6.56. The van der Waals surface area contributed by atoms with Crippen molar-refractivity contribution in [2.24, 2.45) is 27.9 Å². The highest BCUT2D eigenvalue weighted by Crippen LogP contribution is 2.86. The van der Waals surface area contributed by atoms with Crippen LogP contribution in [-0.2, 0) is 0 Å². The molecular formula is C13H21N. The molecule has 0 aromatic carbocycles. The van der Waals surface area contributed by atoms with E-state index >= 15 is 0 Å². The monoisotopic (exact) mass is 191 g/mol. The first kappa shape index (κ1) is 8.15. The summed E-state index contributed by atoms with van der Waals surface area (Å²) >= 11 is 0. The van der Waals surface area contributed by atoms with Crippen molar-refractivity contribution in [3.8, 4) is 0 Å². The molecule has 0 saturated heterocycles. The largest absolute Gasteiger partial charge is 0.325 e. The lowest BCUT2D eigenvalue weighted by Crippen LogP contribution is -2.57. The van der Waals surface area contributed by atoms with Crippen molar-refractivity contribution in [3.05, 3.63) is 0 Å². The second-order valence-electron chi connectivity index (χ2n) is 7.57. The number of fused-ring (bicyclic) bond motifs is 2. The predicted octanol–water partition coefficient (Wildman–Crippen LogP) is 2.69. The van der Waals surface area contributed by atoms with Gasteiger partial charge in [0.05, 0.1) is 0 Å². The standard InChI is InChI=1S/C13H21N/c1-10-3-9-4-12(14)7-11(2,6-10)13(10,5-9)8-12/h9H,3-8,14H2,1-2H3. The number of hydrogen-bond donors (Lipinski definition) is 1. The quantitative estimate of drug-likeness (QED) is 0.626. The minimum Gasteiger partial charge on any atom is -0.325 e. The van der Waals surface area contributed by atoms with Crippen LogP contribution in [0.3, 0.4) is 0 Å². The van der Waals surface area contributed by atoms with Crippen molar-refractivity contribution in [2.45, 2.75) is 57.9 Å². The summed E-state index contributed by atoms with van der Waals surface area (Å²) in [6, 6.07) is 0. The first-order valence-electron chi connectivity index (χ1n) is 6.20. The zero-order valence-corrected chi connectivity index (χ0v) is 9.40. The van der Waals surface area contributed by atoms with Crippen LogP contribution < -0.4 is 5.73 Å². The summed E-state index contributed by atoms with van der Waals surface area (Å²) in [7, 11) is 0. The lowest BCUT2D eigenvalue weighted by Gasteiger charge is -2.64. The van der Waals surface area contributed by atoms with Crippen molar-refractivity contribution in [3.63, 3.8) is 0 Å². The summed E-state index contributed by atoms with van der Waals surface area (Å²) < 4.78 is 0. The molecule has 5 atom stereocenters. The average molecular weight is 191 g/mol. The van der Waals surface area contributed by atoms with E-state index in [1.807, 2.05) is 0 Å². The molecule has 4 saturated carbocycles. The molecule has 14 heavy (non-hydrogen) atoms. The van der Waals surface area contributed by atoms with Crippen molar-refractivity contribution < 1.29 is 0 Å².